The molecule has 0 spiro atoms. The highest BCUT2D eigenvalue weighted by Crippen LogP contribution is 2.65. The van der Waals surface area contributed by atoms with Gasteiger partial charge in [0.1, 0.15) is 12.4 Å². The van der Waals surface area contributed by atoms with Gasteiger partial charge < -0.3 is 14.9 Å². The molecule has 3 aromatic rings. The first-order valence-electron chi connectivity index (χ1n) is 14.0. The number of hydrogen-bond acceptors (Lipinski definition) is 3. The number of benzene rings is 2. The average Bonchev–Trinajstić information content (AvgIpc) is 3.42. The molecule has 0 aliphatic heterocycles. The number of hydrogen-bond donors (Lipinski definition) is 2. The van der Waals surface area contributed by atoms with Crippen LogP contribution in [0.4, 0.5) is 0 Å². The van der Waals surface area contributed by atoms with Crippen LogP contribution in [0.25, 0.3) is 10.9 Å². The summed E-state index contributed by atoms with van der Waals surface area (Å²) in [5.41, 5.74) is 6.97. The van der Waals surface area contributed by atoms with Gasteiger partial charge in [-0.3, -0.25) is 0 Å². The molecule has 4 aliphatic rings. The molecule has 0 amide bonds. The second kappa shape index (κ2) is 8.13. The van der Waals surface area contributed by atoms with E-state index < -0.39 is 0 Å². The summed E-state index contributed by atoms with van der Waals surface area (Å²) in [5.74, 6) is 3.92. The van der Waals surface area contributed by atoms with Crippen LogP contribution in [0.3, 0.4) is 0 Å². The van der Waals surface area contributed by atoms with Crippen LogP contribution in [0.1, 0.15) is 69.2 Å². The summed E-state index contributed by atoms with van der Waals surface area (Å²) in [5, 5.41) is 14.8. The predicted molar refractivity (Wildman–Crippen MR) is 144 cm³/mol. The summed E-state index contributed by atoms with van der Waals surface area (Å²) in [7, 11) is 0. The average molecular weight is 483 g/mol. The van der Waals surface area contributed by atoms with Crippen LogP contribution in [0.15, 0.2) is 53.7 Å². The molecule has 7 rings (SSSR count). The Morgan fingerprint density at radius 3 is 2.72 bits per heavy atom. The summed E-state index contributed by atoms with van der Waals surface area (Å²) in [6, 6.07) is 17.0. The first-order valence-corrected chi connectivity index (χ1v) is 14.0. The van der Waals surface area contributed by atoms with Crippen molar-refractivity contribution in [1.82, 2.24) is 4.98 Å². The molecule has 6 atom stereocenters. The van der Waals surface area contributed by atoms with E-state index in [0.717, 1.165) is 35.6 Å². The van der Waals surface area contributed by atoms with Gasteiger partial charge in [-0.1, -0.05) is 49.3 Å². The van der Waals surface area contributed by atoms with Gasteiger partial charge in [-0.25, -0.2) is 0 Å². The maximum Gasteiger partial charge on any atom is 0.120 e. The number of rotatable bonds is 3. The molecule has 4 aliphatic carbocycles. The zero-order valence-corrected chi connectivity index (χ0v) is 21.6. The molecule has 0 radical (unpaired) electrons. The maximum absolute atomic E-state index is 9.69. The van der Waals surface area contributed by atoms with Gasteiger partial charge in [0.25, 0.3) is 0 Å². The van der Waals surface area contributed by atoms with Gasteiger partial charge in [0.2, 0.25) is 0 Å². The largest absolute Gasteiger partial charge is 0.489 e. The van der Waals surface area contributed by atoms with Gasteiger partial charge >= 0.3 is 0 Å². The summed E-state index contributed by atoms with van der Waals surface area (Å²) in [4.78, 5) is 3.80. The topological polar surface area (TPSA) is 57.6 Å². The number of aromatic nitrogens is 1. The van der Waals surface area contributed by atoms with Crippen LogP contribution in [-0.4, -0.2) is 15.9 Å². The van der Waals surface area contributed by atoms with E-state index in [9.17, 15) is 5.21 Å². The lowest BCUT2D eigenvalue weighted by Crippen LogP contribution is -2.54. The SMILES string of the molecule is C[C@]12Cc3c([nH]c4ccc(OCc5ccccc5)cc34)C[C@@H]1CC[C@H]1[C@H]2CC[C@@]2(C)/C(=N/O)CC[C@@H]12. The fourth-order valence-corrected chi connectivity index (χ4v) is 9.22. The van der Waals surface area contributed by atoms with E-state index in [4.69, 9.17) is 4.74 Å². The van der Waals surface area contributed by atoms with Crippen LogP contribution in [-0.2, 0) is 19.4 Å². The molecule has 188 valence electrons. The zero-order chi connectivity index (χ0) is 24.5. The Morgan fingerprint density at radius 1 is 1.03 bits per heavy atom. The summed E-state index contributed by atoms with van der Waals surface area (Å²) in [6.07, 6.45) is 9.66. The van der Waals surface area contributed by atoms with E-state index in [2.05, 4.69) is 66.5 Å². The molecule has 0 unspecified atom stereocenters. The van der Waals surface area contributed by atoms with E-state index in [0.29, 0.717) is 17.9 Å². The highest BCUT2D eigenvalue weighted by molar-refractivity contribution is 5.92. The number of nitrogens with zero attached hydrogens (tertiary/aromatic N) is 1. The molecule has 0 saturated heterocycles. The van der Waals surface area contributed by atoms with Crippen LogP contribution in [0.2, 0.25) is 0 Å². The molecule has 4 heteroatoms. The fourth-order valence-electron chi connectivity index (χ4n) is 9.22. The molecule has 0 bridgehead atoms. The molecular weight excluding hydrogens is 444 g/mol. The smallest absolute Gasteiger partial charge is 0.120 e. The van der Waals surface area contributed by atoms with Crippen molar-refractivity contribution in [1.29, 1.82) is 0 Å². The minimum Gasteiger partial charge on any atom is -0.489 e. The number of H-pyrrole nitrogens is 1. The number of oxime groups is 1. The van der Waals surface area contributed by atoms with Crippen molar-refractivity contribution in [2.75, 3.05) is 0 Å². The molecule has 3 saturated carbocycles. The Bertz CT molecular complexity index is 1330. The highest BCUT2D eigenvalue weighted by Gasteiger charge is 2.59. The first-order chi connectivity index (χ1) is 17.5. The molecule has 2 aromatic carbocycles. The summed E-state index contributed by atoms with van der Waals surface area (Å²) in [6.45, 7) is 5.60. The Balaban J connectivity index is 1.19. The molecule has 3 fully saturated rings. The molecule has 36 heavy (non-hydrogen) atoms. The Morgan fingerprint density at radius 2 is 1.89 bits per heavy atom. The standard InChI is InChI=1S/C32H38N2O2/c1-31-15-14-27-23(26(31)11-13-30(31)34-35)10-8-21-16-29-25(18-32(21,27)2)24-17-22(9-12-28(24)33-29)36-19-20-6-4-3-5-7-20/h3-7,9,12,17,21,23,26-27,33,35H,8,10-11,13-16,18-19H2,1-2H3/b34-30+/t21-,23+,26-,27+,31+,32-/m0/s1. The van der Waals surface area contributed by atoms with Crippen molar-refractivity contribution < 1.29 is 9.94 Å². The normalized spacial score (nSPS) is 36.2. The van der Waals surface area contributed by atoms with Crippen molar-refractivity contribution in [2.45, 2.75) is 71.8 Å². The molecule has 4 nitrogen and oxygen atoms in total. The summed E-state index contributed by atoms with van der Waals surface area (Å²) >= 11 is 0. The van der Waals surface area contributed by atoms with E-state index >= 15 is 0 Å². The van der Waals surface area contributed by atoms with Gasteiger partial charge in [-0.15, -0.1) is 0 Å². The lowest BCUT2D eigenvalue weighted by Gasteiger charge is -2.59. The number of ether oxygens (including phenoxy) is 1. The van der Waals surface area contributed by atoms with Gasteiger partial charge in [0.05, 0.1) is 5.71 Å². The van der Waals surface area contributed by atoms with Crippen LogP contribution < -0.4 is 4.74 Å². The van der Waals surface area contributed by atoms with E-state index in [-0.39, 0.29) is 5.41 Å². The molecule has 2 N–H and O–H groups in total. The van der Waals surface area contributed by atoms with Crippen molar-refractivity contribution in [2.24, 2.45) is 39.7 Å². The third-order valence-corrected chi connectivity index (χ3v) is 11.1. The van der Waals surface area contributed by atoms with Gasteiger partial charge in [-0.05, 0) is 110 Å². The fraction of sp³-hybridized carbons (Fsp3) is 0.531. The lowest BCUT2D eigenvalue weighted by atomic mass is 9.45. The van der Waals surface area contributed by atoms with Crippen LogP contribution in [0, 0.1) is 34.5 Å². The van der Waals surface area contributed by atoms with Crippen molar-refractivity contribution in [3.05, 3.63) is 65.4 Å². The van der Waals surface area contributed by atoms with Crippen molar-refractivity contribution >= 4 is 16.6 Å². The minimum absolute atomic E-state index is 0.116. The maximum atomic E-state index is 9.69. The van der Waals surface area contributed by atoms with Crippen molar-refractivity contribution in [3.8, 4) is 5.75 Å². The molecule has 1 aromatic heterocycles. The van der Waals surface area contributed by atoms with Gasteiger partial charge in [-0.2, -0.15) is 0 Å². The van der Waals surface area contributed by atoms with Gasteiger partial charge in [0.15, 0.2) is 0 Å². The first kappa shape index (κ1) is 22.4. The predicted octanol–water partition coefficient (Wildman–Crippen LogP) is 7.53. The third kappa shape index (κ3) is 3.22. The third-order valence-electron chi connectivity index (χ3n) is 11.1. The van der Waals surface area contributed by atoms with E-state index in [1.54, 1.807) is 0 Å². The highest BCUT2D eigenvalue weighted by atomic mass is 16.5. The van der Waals surface area contributed by atoms with E-state index in [1.807, 2.05) is 6.07 Å². The zero-order valence-electron chi connectivity index (χ0n) is 21.6. The van der Waals surface area contributed by atoms with Crippen LogP contribution >= 0.6 is 0 Å². The Labute approximate surface area is 214 Å². The Kier molecular flexibility index (Phi) is 5.07. The van der Waals surface area contributed by atoms with E-state index in [1.165, 1.54) is 72.7 Å². The number of nitrogens with one attached hydrogen (secondary N) is 1. The van der Waals surface area contributed by atoms with Crippen LogP contribution in [0.5, 0.6) is 5.75 Å². The van der Waals surface area contributed by atoms with Crippen molar-refractivity contribution in [3.63, 3.8) is 0 Å². The second-order valence-electron chi connectivity index (χ2n) is 12.6. The summed E-state index contributed by atoms with van der Waals surface area (Å²) < 4.78 is 6.21. The number of fused-ring (bicyclic) bond motifs is 8. The Hall–Kier alpha value is -2.75. The molecular formula is C32H38N2O2. The second-order valence-corrected chi connectivity index (χ2v) is 12.6. The monoisotopic (exact) mass is 482 g/mol. The number of aromatic amines is 1. The van der Waals surface area contributed by atoms with Gasteiger partial charge in [0, 0.05) is 22.0 Å². The molecule has 1 heterocycles. The quantitative estimate of drug-likeness (QED) is 0.299. The lowest BCUT2D eigenvalue weighted by molar-refractivity contribution is -0.0796. The minimum atomic E-state index is 0.116.